The topological polar surface area (TPSA) is 32.3 Å². The standard InChI is InChI=1S/C12H16N2O/c1-10-2-4-11(5-3-10)12-8-13-6-7-14(12)9-15/h2-5,9,12-13H,6-8H2,1H3. The Bertz CT molecular complexity index is 334. The number of benzene rings is 1. The summed E-state index contributed by atoms with van der Waals surface area (Å²) in [4.78, 5) is 12.8. The molecule has 1 amide bonds. The Morgan fingerprint density at radius 3 is 2.80 bits per heavy atom. The molecule has 1 aromatic rings. The van der Waals surface area contributed by atoms with Gasteiger partial charge in [-0.3, -0.25) is 4.79 Å². The highest BCUT2D eigenvalue weighted by molar-refractivity contribution is 5.49. The van der Waals surface area contributed by atoms with E-state index in [4.69, 9.17) is 0 Å². The van der Waals surface area contributed by atoms with Gasteiger partial charge in [0.25, 0.3) is 0 Å². The van der Waals surface area contributed by atoms with Crippen LogP contribution in [0.15, 0.2) is 24.3 Å². The Hall–Kier alpha value is -1.35. The van der Waals surface area contributed by atoms with Gasteiger partial charge < -0.3 is 10.2 Å². The van der Waals surface area contributed by atoms with Gasteiger partial charge in [-0.1, -0.05) is 29.8 Å². The van der Waals surface area contributed by atoms with Crippen molar-refractivity contribution in [2.75, 3.05) is 19.6 Å². The Labute approximate surface area is 90.1 Å². The molecule has 80 valence electrons. The number of hydrogen-bond donors (Lipinski definition) is 1. The van der Waals surface area contributed by atoms with Gasteiger partial charge in [-0.15, -0.1) is 0 Å². The average molecular weight is 204 g/mol. The van der Waals surface area contributed by atoms with E-state index in [2.05, 4.69) is 36.5 Å². The summed E-state index contributed by atoms with van der Waals surface area (Å²) in [5.74, 6) is 0. The third-order valence-corrected chi connectivity index (χ3v) is 2.88. The van der Waals surface area contributed by atoms with E-state index in [-0.39, 0.29) is 6.04 Å². The van der Waals surface area contributed by atoms with E-state index < -0.39 is 0 Å². The maximum Gasteiger partial charge on any atom is 0.210 e. The van der Waals surface area contributed by atoms with Crippen molar-refractivity contribution in [3.05, 3.63) is 35.4 Å². The Balaban J connectivity index is 2.20. The van der Waals surface area contributed by atoms with Crippen LogP contribution in [-0.4, -0.2) is 30.9 Å². The molecule has 1 fully saturated rings. The molecule has 1 saturated heterocycles. The molecule has 0 bridgehead atoms. The quantitative estimate of drug-likeness (QED) is 0.732. The number of hydrogen-bond acceptors (Lipinski definition) is 2. The third-order valence-electron chi connectivity index (χ3n) is 2.88. The summed E-state index contributed by atoms with van der Waals surface area (Å²) in [7, 11) is 0. The van der Waals surface area contributed by atoms with Crippen molar-refractivity contribution in [3.63, 3.8) is 0 Å². The molecule has 3 heteroatoms. The molecule has 0 radical (unpaired) electrons. The molecule has 0 aliphatic carbocycles. The van der Waals surface area contributed by atoms with Gasteiger partial charge in [0.15, 0.2) is 0 Å². The normalized spacial score (nSPS) is 21.4. The van der Waals surface area contributed by atoms with E-state index in [9.17, 15) is 4.79 Å². The van der Waals surface area contributed by atoms with Crippen molar-refractivity contribution < 1.29 is 4.79 Å². The molecule has 0 spiro atoms. The van der Waals surface area contributed by atoms with Gasteiger partial charge in [-0.25, -0.2) is 0 Å². The summed E-state index contributed by atoms with van der Waals surface area (Å²) in [6.45, 7) is 4.60. The minimum Gasteiger partial charge on any atom is -0.336 e. The fourth-order valence-electron chi connectivity index (χ4n) is 1.94. The number of piperazine rings is 1. The van der Waals surface area contributed by atoms with Crippen LogP contribution in [0, 0.1) is 6.92 Å². The highest BCUT2D eigenvalue weighted by Gasteiger charge is 2.21. The first-order valence-corrected chi connectivity index (χ1v) is 5.29. The predicted octanol–water partition coefficient (Wildman–Crippen LogP) is 1.10. The molecule has 15 heavy (non-hydrogen) atoms. The monoisotopic (exact) mass is 204 g/mol. The molecular formula is C12H16N2O. The lowest BCUT2D eigenvalue weighted by Gasteiger charge is -2.33. The Morgan fingerprint density at radius 1 is 1.40 bits per heavy atom. The molecule has 3 nitrogen and oxygen atoms in total. The maximum absolute atomic E-state index is 10.9. The van der Waals surface area contributed by atoms with Crippen molar-refractivity contribution >= 4 is 6.41 Å². The van der Waals surface area contributed by atoms with E-state index in [1.54, 1.807) is 0 Å². The summed E-state index contributed by atoms with van der Waals surface area (Å²) in [6.07, 6.45) is 0.950. The largest absolute Gasteiger partial charge is 0.336 e. The van der Waals surface area contributed by atoms with Crippen molar-refractivity contribution in [3.8, 4) is 0 Å². The lowest BCUT2D eigenvalue weighted by atomic mass is 10.0. The first kappa shape index (κ1) is 10.2. The smallest absolute Gasteiger partial charge is 0.210 e. The van der Waals surface area contributed by atoms with Crippen LogP contribution in [0.1, 0.15) is 17.2 Å². The fraction of sp³-hybridized carbons (Fsp3) is 0.417. The number of nitrogens with zero attached hydrogens (tertiary/aromatic N) is 1. The van der Waals surface area contributed by atoms with Gasteiger partial charge in [0.2, 0.25) is 6.41 Å². The summed E-state index contributed by atoms with van der Waals surface area (Å²) >= 11 is 0. The number of rotatable bonds is 2. The lowest BCUT2D eigenvalue weighted by molar-refractivity contribution is -0.121. The molecule has 1 unspecified atom stereocenters. The molecule has 1 N–H and O–H groups in total. The number of carbonyl (C=O) groups excluding carboxylic acids is 1. The van der Waals surface area contributed by atoms with Crippen molar-refractivity contribution in [2.24, 2.45) is 0 Å². The SMILES string of the molecule is Cc1ccc(C2CNCCN2C=O)cc1. The van der Waals surface area contributed by atoms with Gasteiger partial charge in [0.1, 0.15) is 0 Å². The van der Waals surface area contributed by atoms with Crippen LogP contribution in [0.4, 0.5) is 0 Å². The Morgan fingerprint density at radius 2 is 2.13 bits per heavy atom. The summed E-state index contributed by atoms with van der Waals surface area (Å²) in [5.41, 5.74) is 2.46. The van der Waals surface area contributed by atoms with Crippen LogP contribution < -0.4 is 5.32 Å². The summed E-state index contributed by atoms with van der Waals surface area (Å²) in [5, 5.41) is 3.31. The third kappa shape index (κ3) is 2.18. The molecule has 0 saturated carbocycles. The molecule has 1 aromatic carbocycles. The van der Waals surface area contributed by atoms with Crippen LogP contribution in [-0.2, 0) is 4.79 Å². The van der Waals surface area contributed by atoms with Gasteiger partial charge in [-0.05, 0) is 12.5 Å². The first-order valence-electron chi connectivity index (χ1n) is 5.29. The van der Waals surface area contributed by atoms with Gasteiger partial charge in [0, 0.05) is 19.6 Å². The number of carbonyl (C=O) groups is 1. The molecule has 1 atom stereocenters. The second-order valence-electron chi connectivity index (χ2n) is 3.97. The summed E-state index contributed by atoms with van der Waals surface area (Å²) < 4.78 is 0. The van der Waals surface area contributed by atoms with E-state index in [1.807, 2.05) is 4.90 Å². The zero-order chi connectivity index (χ0) is 10.7. The van der Waals surface area contributed by atoms with Gasteiger partial charge >= 0.3 is 0 Å². The molecule has 1 aliphatic heterocycles. The van der Waals surface area contributed by atoms with E-state index in [0.717, 1.165) is 26.0 Å². The zero-order valence-corrected chi connectivity index (χ0v) is 8.94. The second-order valence-corrected chi connectivity index (χ2v) is 3.97. The molecule has 1 aliphatic rings. The van der Waals surface area contributed by atoms with Crippen LogP contribution in [0.25, 0.3) is 0 Å². The lowest BCUT2D eigenvalue weighted by Crippen LogP contribution is -2.45. The zero-order valence-electron chi connectivity index (χ0n) is 8.94. The first-order chi connectivity index (χ1) is 7.31. The minimum absolute atomic E-state index is 0.192. The van der Waals surface area contributed by atoms with Crippen molar-refractivity contribution in [2.45, 2.75) is 13.0 Å². The highest BCUT2D eigenvalue weighted by atomic mass is 16.1. The second kappa shape index (κ2) is 4.45. The number of amides is 1. The van der Waals surface area contributed by atoms with Gasteiger partial charge in [-0.2, -0.15) is 0 Å². The van der Waals surface area contributed by atoms with Crippen molar-refractivity contribution in [1.29, 1.82) is 0 Å². The molecular weight excluding hydrogens is 188 g/mol. The minimum atomic E-state index is 0.192. The molecule has 1 heterocycles. The predicted molar refractivity (Wildman–Crippen MR) is 59.6 cm³/mol. The highest BCUT2D eigenvalue weighted by Crippen LogP contribution is 2.20. The molecule has 2 rings (SSSR count). The van der Waals surface area contributed by atoms with E-state index in [1.165, 1.54) is 11.1 Å². The maximum atomic E-state index is 10.9. The number of nitrogens with one attached hydrogen (secondary N) is 1. The van der Waals surface area contributed by atoms with E-state index >= 15 is 0 Å². The van der Waals surface area contributed by atoms with E-state index in [0.29, 0.717) is 0 Å². The van der Waals surface area contributed by atoms with Gasteiger partial charge in [0.05, 0.1) is 6.04 Å². The Kier molecular flexibility index (Phi) is 3.02. The van der Waals surface area contributed by atoms with Crippen LogP contribution in [0.5, 0.6) is 0 Å². The summed E-state index contributed by atoms with van der Waals surface area (Å²) in [6, 6.07) is 8.57. The molecule has 0 aromatic heterocycles. The number of aryl methyl sites for hydroxylation is 1. The van der Waals surface area contributed by atoms with Crippen LogP contribution >= 0.6 is 0 Å². The average Bonchev–Trinajstić information content (AvgIpc) is 2.30. The fourth-order valence-corrected chi connectivity index (χ4v) is 1.94. The van der Waals surface area contributed by atoms with Crippen LogP contribution in [0.3, 0.4) is 0 Å². The van der Waals surface area contributed by atoms with Crippen LogP contribution in [0.2, 0.25) is 0 Å². The van der Waals surface area contributed by atoms with Crippen molar-refractivity contribution in [1.82, 2.24) is 10.2 Å².